The van der Waals surface area contributed by atoms with Gasteiger partial charge in [-0.2, -0.15) is 5.10 Å². The van der Waals surface area contributed by atoms with Crippen LogP contribution in [0.4, 0.5) is 0 Å². The summed E-state index contributed by atoms with van der Waals surface area (Å²) < 4.78 is 5.82. The maximum atomic E-state index is 12.5. The SMILES string of the molecule is O=C(NN=Cc1c[nH]c2cnc(OCc3ccccc3)cc12)c1ccc2ccccc2c1. The standard InChI is InChI=1S/C26H20N4O2/c31-26(21-11-10-19-8-4-5-9-20(19)12-21)30-29-15-22-14-27-24-16-28-25(13-23(22)24)32-17-18-6-2-1-3-7-18/h1-16,27H,17H2,(H,30,31). The van der Waals surface area contributed by atoms with Crippen LogP contribution in [-0.4, -0.2) is 22.1 Å². The molecule has 2 N–H and O–H groups in total. The number of benzene rings is 3. The molecule has 0 radical (unpaired) electrons. The number of aromatic amines is 1. The minimum atomic E-state index is -0.264. The molecule has 5 aromatic rings. The van der Waals surface area contributed by atoms with Crippen LogP contribution in [0.3, 0.4) is 0 Å². The smallest absolute Gasteiger partial charge is 0.271 e. The molecule has 0 aliphatic heterocycles. The summed E-state index contributed by atoms with van der Waals surface area (Å²) in [6, 6.07) is 25.3. The number of nitrogens with zero attached hydrogens (tertiary/aromatic N) is 2. The fraction of sp³-hybridized carbons (Fsp3) is 0.0385. The predicted molar refractivity (Wildman–Crippen MR) is 126 cm³/mol. The fourth-order valence-corrected chi connectivity index (χ4v) is 3.50. The number of hydrazone groups is 1. The van der Waals surface area contributed by atoms with Crippen molar-refractivity contribution in [1.29, 1.82) is 0 Å². The van der Waals surface area contributed by atoms with Gasteiger partial charge in [0.25, 0.3) is 5.91 Å². The molecule has 32 heavy (non-hydrogen) atoms. The highest BCUT2D eigenvalue weighted by Gasteiger charge is 2.07. The number of aromatic nitrogens is 2. The lowest BCUT2D eigenvalue weighted by atomic mass is 10.1. The molecule has 0 fully saturated rings. The van der Waals surface area contributed by atoms with Gasteiger partial charge in [-0.25, -0.2) is 10.4 Å². The van der Waals surface area contributed by atoms with Crippen molar-refractivity contribution >= 4 is 33.8 Å². The lowest BCUT2D eigenvalue weighted by molar-refractivity contribution is 0.0955. The first kappa shape index (κ1) is 19.5. The highest BCUT2D eigenvalue weighted by Crippen LogP contribution is 2.21. The largest absolute Gasteiger partial charge is 0.473 e. The summed E-state index contributed by atoms with van der Waals surface area (Å²) in [5.41, 5.74) is 5.91. The number of amides is 1. The minimum Gasteiger partial charge on any atom is -0.473 e. The molecule has 3 aromatic carbocycles. The average molecular weight is 420 g/mol. The second-order valence-electron chi connectivity index (χ2n) is 7.35. The van der Waals surface area contributed by atoms with Crippen molar-refractivity contribution < 1.29 is 9.53 Å². The summed E-state index contributed by atoms with van der Waals surface area (Å²) in [7, 11) is 0. The Morgan fingerprint density at radius 3 is 2.69 bits per heavy atom. The monoisotopic (exact) mass is 420 g/mol. The Morgan fingerprint density at radius 1 is 1.00 bits per heavy atom. The Kier molecular flexibility index (Phi) is 5.32. The van der Waals surface area contributed by atoms with Crippen LogP contribution >= 0.6 is 0 Å². The third-order valence-electron chi connectivity index (χ3n) is 5.18. The van der Waals surface area contributed by atoms with E-state index in [9.17, 15) is 4.79 Å². The van der Waals surface area contributed by atoms with Gasteiger partial charge in [0, 0.05) is 28.8 Å². The second kappa shape index (κ2) is 8.73. The van der Waals surface area contributed by atoms with Crippen LogP contribution in [0.1, 0.15) is 21.5 Å². The average Bonchev–Trinajstić information content (AvgIpc) is 3.25. The second-order valence-corrected chi connectivity index (χ2v) is 7.35. The summed E-state index contributed by atoms with van der Waals surface area (Å²) in [6.45, 7) is 0.439. The first-order chi connectivity index (χ1) is 15.8. The number of carbonyl (C=O) groups is 1. The molecule has 6 heteroatoms. The van der Waals surface area contributed by atoms with Gasteiger partial charge in [-0.3, -0.25) is 4.79 Å². The van der Waals surface area contributed by atoms with Crippen LogP contribution in [0, 0.1) is 0 Å². The number of hydrogen-bond acceptors (Lipinski definition) is 4. The van der Waals surface area contributed by atoms with Gasteiger partial charge in [0.05, 0.1) is 17.9 Å². The van der Waals surface area contributed by atoms with E-state index in [0.717, 1.165) is 32.8 Å². The Labute approximate surface area is 184 Å². The summed E-state index contributed by atoms with van der Waals surface area (Å²) in [6.07, 6.45) is 5.15. The van der Waals surface area contributed by atoms with E-state index in [-0.39, 0.29) is 5.91 Å². The summed E-state index contributed by atoms with van der Waals surface area (Å²) in [4.78, 5) is 20.0. The van der Waals surface area contributed by atoms with E-state index < -0.39 is 0 Å². The molecule has 6 nitrogen and oxygen atoms in total. The fourth-order valence-electron chi connectivity index (χ4n) is 3.50. The zero-order valence-electron chi connectivity index (χ0n) is 17.2. The summed E-state index contributed by atoms with van der Waals surface area (Å²) >= 11 is 0. The molecule has 5 rings (SSSR count). The van der Waals surface area contributed by atoms with Crippen molar-refractivity contribution in [2.45, 2.75) is 6.61 Å². The van der Waals surface area contributed by atoms with Gasteiger partial charge in [0.1, 0.15) is 6.61 Å². The number of carbonyl (C=O) groups excluding carboxylic acids is 1. The molecule has 0 unspecified atom stereocenters. The summed E-state index contributed by atoms with van der Waals surface area (Å²) in [5.74, 6) is 0.260. The molecular formula is C26H20N4O2. The van der Waals surface area contributed by atoms with Gasteiger partial charge in [0.2, 0.25) is 5.88 Å². The number of rotatable bonds is 6. The Balaban J connectivity index is 1.29. The van der Waals surface area contributed by atoms with Gasteiger partial charge in [-0.15, -0.1) is 0 Å². The van der Waals surface area contributed by atoms with Crippen LogP contribution < -0.4 is 10.2 Å². The zero-order valence-corrected chi connectivity index (χ0v) is 17.2. The van der Waals surface area contributed by atoms with Crippen molar-refractivity contribution in [3.8, 4) is 5.88 Å². The van der Waals surface area contributed by atoms with Crippen LogP contribution in [0.25, 0.3) is 21.7 Å². The number of nitrogens with one attached hydrogen (secondary N) is 2. The molecule has 0 aliphatic rings. The van der Waals surface area contributed by atoms with E-state index in [1.165, 1.54) is 0 Å². The van der Waals surface area contributed by atoms with Gasteiger partial charge >= 0.3 is 0 Å². The number of H-pyrrole nitrogens is 1. The first-order valence-electron chi connectivity index (χ1n) is 10.2. The first-order valence-corrected chi connectivity index (χ1v) is 10.2. The third kappa shape index (κ3) is 4.20. The number of fused-ring (bicyclic) bond motifs is 2. The molecule has 0 bridgehead atoms. The highest BCUT2D eigenvalue weighted by atomic mass is 16.5. The molecule has 2 aromatic heterocycles. The highest BCUT2D eigenvalue weighted by molar-refractivity contribution is 6.01. The lowest BCUT2D eigenvalue weighted by Crippen LogP contribution is -2.17. The van der Waals surface area contributed by atoms with Gasteiger partial charge in [0.15, 0.2) is 0 Å². The molecule has 0 aliphatic carbocycles. The van der Waals surface area contributed by atoms with Gasteiger partial charge < -0.3 is 9.72 Å². The molecule has 1 amide bonds. The normalized spacial score (nSPS) is 11.2. The Hall–Kier alpha value is -4.45. The van der Waals surface area contributed by atoms with Crippen molar-refractivity contribution in [2.75, 3.05) is 0 Å². The maximum Gasteiger partial charge on any atom is 0.271 e. The van der Waals surface area contributed by atoms with Crippen molar-refractivity contribution in [1.82, 2.24) is 15.4 Å². The zero-order chi connectivity index (χ0) is 21.8. The van der Waals surface area contributed by atoms with Crippen molar-refractivity contribution in [3.63, 3.8) is 0 Å². The summed E-state index contributed by atoms with van der Waals surface area (Å²) in [5, 5.41) is 7.15. The molecule has 0 saturated heterocycles. The van der Waals surface area contributed by atoms with Gasteiger partial charge in [-0.05, 0) is 28.5 Å². The molecule has 2 heterocycles. The molecule has 0 spiro atoms. The lowest BCUT2D eigenvalue weighted by Gasteiger charge is -2.05. The van der Waals surface area contributed by atoms with E-state index in [1.54, 1.807) is 18.5 Å². The van der Waals surface area contributed by atoms with Crippen LogP contribution in [0.5, 0.6) is 5.88 Å². The van der Waals surface area contributed by atoms with E-state index in [4.69, 9.17) is 4.74 Å². The Bertz CT molecular complexity index is 1420. The van der Waals surface area contributed by atoms with Crippen LogP contribution in [0.15, 0.2) is 96.4 Å². The van der Waals surface area contributed by atoms with Crippen LogP contribution in [0.2, 0.25) is 0 Å². The van der Waals surface area contributed by atoms with E-state index in [2.05, 4.69) is 20.5 Å². The van der Waals surface area contributed by atoms with Crippen molar-refractivity contribution in [2.24, 2.45) is 5.10 Å². The quantitative estimate of drug-likeness (QED) is 0.298. The van der Waals surface area contributed by atoms with Crippen LogP contribution in [-0.2, 0) is 6.61 Å². The Morgan fingerprint density at radius 2 is 1.81 bits per heavy atom. The van der Waals surface area contributed by atoms with E-state index in [1.807, 2.05) is 79.0 Å². The molecule has 0 saturated carbocycles. The topological polar surface area (TPSA) is 79.4 Å². The van der Waals surface area contributed by atoms with E-state index in [0.29, 0.717) is 18.1 Å². The number of hydrogen-bond donors (Lipinski definition) is 2. The van der Waals surface area contributed by atoms with Gasteiger partial charge in [-0.1, -0.05) is 60.7 Å². The third-order valence-corrected chi connectivity index (χ3v) is 5.18. The maximum absolute atomic E-state index is 12.5. The van der Waals surface area contributed by atoms with E-state index >= 15 is 0 Å². The predicted octanol–water partition coefficient (Wildman–Crippen LogP) is 5.06. The number of ether oxygens (including phenoxy) is 1. The molecule has 156 valence electrons. The molecular weight excluding hydrogens is 400 g/mol. The minimum absolute atomic E-state index is 0.264. The number of pyridine rings is 1. The van der Waals surface area contributed by atoms with Crippen molar-refractivity contribution in [3.05, 3.63) is 108 Å². The molecule has 0 atom stereocenters.